The molecule has 0 fully saturated rings. The molecule has 2 N–H and O–H groups in total. The SMILES string of the molecule is CN(C)S(=O)(=O)c1cccc(NC(=O)CCNC(=O)c2ccc(Cl)cc2)c1. The third-order valence-electron chi connectivity index (χ3n) is 3.64. The van der Waals surface area contributed by atoms with Crippen molar-refractivity contribution in [1.29, 1.82) is 0 Å². The fourth-order valence-electron chi connectivity index (χ4n) is 2.16. The lowest BCUT2D eigenvalue weighted by Crippen LogP contribution is -2.27. The zero-order valence-electron chi connectivity index (χ0n) is 14.9. The number of halogens is 1. The Bertz CT molecular complexity index is 928. The van der Waals surface area contributed by atoms with Crippen LogP contribution >= 0.6 is 11.6 Å². The van der Waals surface area contributed by atoms with Crippen LogP contribution in [0.5, 0.6) is 0 Å². The largest absolute Gasteiger partial charge is 0.352 e. The predicted octanol–water partition coefficient (Wildman–Crippen LogP) is 2.35. The minimum absolute atomic E-state index is 0.0456. The average molecular weight is 410 g/mol. The average Bonchev–Trinajstić information content (AvgIpc) is 2.62. The third kappa shape index (κ3) is 5.78. The summed E-state index contributed by atoms with van der Waals surface area (Å²) in [4.78, 5) is 24.1. The van der Waals surface area contributed by atoms with Crippen molar-refractivity contribution in [3.8, 4) is 0 Å². The van der Waals surface area contributed by atoms with Crippen LogP contribution < -0.4 is 10.6 Å². The molecule has 0 saturated heterocycles. The maximum absolute atomic E-state index is 12.1. The van der Waals surface area contributed by atoms with Gasteiger partial charge >= 0.3 is 0 Å². The van der Waals surface area contributed by atoms with Gasteiger partial charge in [0, 0.05) is 43.3 Å². The highest BCUT2D eigenvalue weighted by molar-refractivity contribution is 7.89. The van der Waals surface area contributed by atoms with E-state index in [2.05, 4.69) is 10.6 Å². The van der Waals surface area contributed by atoms with Gasteiger partial charge < -0.3 is 10.6 Å². The van der Waals surface area contributed by atoms with E-state index in [9.17, 15) is 18.0 Å². The van der Waals surface area contributed by atoms with E-state index in [-0.39, 0.29) is 29.7 Å². The first-order valence-electron chi connectivity index (χ1n) is 8.06. The molecule has 0 aliphatic carbocycles. The lowest BCUT2D eigenvalue weighted by molar-refractivity contribution is -0.116. The number of carbonyl (C=O) groups is 2. The Labute approximate surface area is 163 Å². The number of amides is 2. The number of carbonyl (C=O) groups excluding carboxylic acids is 2. The second-order valence-electron chi connectivity index (χ2n) is 5.88. The molecule has 27 heavy (non-hydrogen) atoms. The van der Waals surface area contributed by atoms with E-state index in [4.69, 9.17) is 11.6 Å². The first kappa shape index (κ1) is 20.9. The van der Waals surface area contributed by atoms with E-state index in [0.717, 1.165) is 4.31 Å². The van der Waals surface area contributed by atoms with E-state index in [1.165, 1.54) is 26.2 Å². The molecule has 0 aliphatic rings. The molecular weight excluding hydrogens is 390 g/mol. The normalized spacial score (nSPS) is 11.3. The molecule has 0 radical (unpaired) electrons. The minimum atomic E-state index is -3.58. The molecule has 2 amide bonds. The summed E-state index contributed by atoms with van der Waals surface area (Å²) in [6.07, 6.45) is 0.0456. The van der Waals surface area contributed by atoms with Gasteiger partial charge in [-0.25, -0.2) is 12.7 Å². The van der Waals surface area contributed by atoms with Crippen LogP contribution in [0.3, 0.4) is 0 Å². The molecule has 0 heterocycles. The molecule has 0 aliphatic heterocycles. The Morgan fingerprint density at radius 2 is 1.74 bits per heavy atom. The smallest absolute Gasteiger partial charge is 0.251 e. The molecule has 0 saturated carbocycles. The predicted molar refractivity (Wildman–Crippen MR) is 104 cm³/mol. The van der Waals surface area contributed by atoms with E-state index in [1.54, 1.807) is 36.4 Å². The van der Waals surface area contributed by atoms with Crippen LogP contribution in [0.1, 0.15) is 16.8 Å². The number of nitrogens with one attached hydrogen (secondary N) is 2. The Morgan fingerprint density at radius 1 is 1.07 bits per heavy atom. The van der Waals surface area contributed by atoms with Gasteiger partial charge in [-0.2, -0.15) is 0 Å². The van der Waals surface area contributed by atoms with Crippen molar-refractivity contribution in [2.45, 2.75) is 11.3 Å². The third-order valence-corrected chi connectivity index (χ3v) is 5.70. The summed E-state index contributed by atoms with van der Waals surface area (Å²) < 4.78 is 25.4. The van der Waals surface area contributed by atoms with Crippen LogP contribution in [0.25, 0.3) is 0 Å². The summed E-state index contributed by atoms with van der Waals surface area (Å²) in [6.45, 7) is 0.142. The Hall–Kier alpha value is -2.42. The van der Waals surface area contributed by atoms with Gasteiger partial charge in [-0.05, 0) is 42.5 Å². The first-order chi connectivity index (χ1) is 12.7. The molecule has 9 heteroatoms. The molecule has 0 spiro atoms. The van der Waals surface area contributed by atoms with Gasteiger partial charge in [0.2, 0.25) is 15.9 Å². The van der Waals surface area contributed by atoms with Crippen molar-refractivity contribution < 1.29 is 18.0 Å². The van der Waals surface area contributed by atoms with E-state index < -0.39 is 10.0 Å². The summed E-state index contributed by atoms with van der Waals surface area (Å²) in [7, 11) is -0.713. The molecule has 2 rings (SSSR count). The van der Waals surface area contributed by atoms with Crippen LogP contribution in [0, 0.1) is 0 Å². The zero-order chi connectivity index (χ0) is 20.0. The number of anilines is 1. The Kier molecular flexibility index (Phi) is 6.95. The standard InChI is InChI=1S/C18H20ClN3O4S/c1-22(2)27(25,26)16-5-3-4-15(12-16)21-17(23)10-11-20-18(24)13-6-8-14(19)9-7-13/h3-9,12H,10-11H2,1-2H3,(H,20,24)(H,21,23). The van der Waals surface area contributed by atoms with E-state index in [1.807, 2.05) is 0 Å². The van der Waals surface area contributed by atoms with Gasteiger partial charge in [0.25, 0.3) is 5.91 Å². The topological polar surface area (TPSA) is 95.6 Å². The fraction of sp³-hybridized carbons (Fsp3) is 0.222. The quantitative estimate of drug-likeness (QED) is 0.733. The lowest BCUT2D eigenvalue weighted by Gasteiger charge is -2.12. The maximum Gasteiger partial charge on any atom is 0.251 e. The summed E-state index contributed by atoms with van der Waals surface area (Å²) >= 11 is 5.77. The van der Waals surface area contributed by atoms with E-state index in [0.29, 0.717) is 16.3 Å². The zero-order valence-corrected chi connectivity index (χ0v) is 16.5. The molecule has 7 nitrogen and oxygen atoms in total. The van der Waals surface area contributed by atoms with Gasteiger partial charge in [0.05, 0.1) is 4.90 Å². The van der Waals surface area contributed by atoms with Crippen LogP contribution in [0.4, 0.5) is 5.69 Å². The first-order valence-corrected chi connectivity index (χ1v) is 9.88. The number of benzene rings is 2. The summed E-state index contributed by atoms with van der Waals surface area (Å²) in [5.41, 5.74) is 0.813. The van der Waals surface area contributed by atoms with Crippen molar-refractivity contribution in [3.05, 3.63) is 59.1 Å². The van der Waals surface area contributed by atoms with Crippen LogP contribution in [0.2, 0.25) is 5.02 Å². The highest BCUT2D eigenvalue weighted by Crippen LogP contribution is 2.18. The van der Waals surface area contributed by atoms with Gasteiger partial charge in [0.1, 0.15) is 0 Å². The van der Waals surface area contributed by atoms with E-state index >= 15 is 0 Å². The van der Waals surface area contributed by atoms with Crippen molar-refractivity contribution in [2.24, 2.45) is 0 Å². The second kappa shape index (κ2) is 8.98. The molecule has 0 unspecified atom stereocenters. The van der Waals surface area contributed by atoms with Gasteiger partial charge in [-0.3, -0.25) is 9.59 Å². The molecule has 0 bridgehead atoms. The molecule has 2 aromatic carbocycles. The minimum Gasteiger partial charge on any atom is -0.352 e. The van der Waals surface area contributed by atoms with Crippen molar-refractivity contribution >= 4 is 39.1 Å². The monoisotopic (exact) mass is 409 g/mol. The van der Waals surface area contributed by atoms with Gasteiger partial charge in [0.15, 0.2) is 0 Å². The van der Waals surface area contributed by atoms with Crippen molar-refractivity contribution in [3.63, 3.8) is 0 Å². The number of rotatable bonds is 7. The molecule has 0 aromatic heterocycles. The second-order valence-corrected chi connectivity index (χ2v) is 8.46. The molecule has 0 atom stereocenters. The van der Waals surface area contributed by atoms with Crippen LogP contribution in [0.15, 0.2) is 53.4 Å². The molecular formula is C18H20ClN3O4S. The van der Waals surface area contributed by atoms with Crippen molar-refractivity contribution in [2.75, 3.05) is 26.0 Å². The van der Waals surface area contributed by atoms with Crippen LogP contribution in [-0.2, 0) is 14.8 Å². The fourth-order valence-corrected chi connectivity index (χ4v) is 3.24. The summed E-state index contributed by atoms with van der Waals surface area (Å²) in [5.74, 6) is -0.649. The van der Waals surface area contributed by atoms with Gasteiger partial charge in [-0.1, -0.05) is 17.7 Å². The van der Waals surface area contributed by atoms with Crippen LogP contribution in [-0.4, -0.2) is 45.2 Å². The highest BCUT2D eigenvalue weighted by Gasteiger charge is 2.17. The number of sulfonamides is 1. The summed E-state index contributed by atoms with van der Waals surface area (Å²) in [6, 6.07) is 12.4. The number of nitrogens with zero attached hydrogens (tertiary/aromatic N) is 1. The lowest BCUT2D eigenvalue weighted by atomic mass is 10.2. The summed E-state index contributed by atoms with van der Waals surface area (Å²) in [5, 5.41) is 5.80. The Balaban J connectivity index is 1.89. The molecule has 2 aromatic rings. The number of hydrogen-bond acceptors (Lipinski definition) is 4. The highest BCUT2D eigenvalue weighted by atomic mass is 35.5. The molecule has 144 valence electrons. The number of hydrogen-bond donors (Lipinski definition) is 2. The van der Waals surface area contributed by atoms with Crippen molar-refractivity contribution in [1.82, 2.24) is 9.62 Å². The van der Waals surface area contributed by atoms with Gasteiger partial charge in [-0.15, -0.1) is 0 Å². The Morgan fingerprint density at radius 3 is 2.37 bits per heavy atom. The maximum atomic E-state index is 12.1.